The third-order valence-electron chi connectivity index (χ3n) is 13.0. The Morgan fingerprint density at radius 1 is 0.712 bits per heavy atom. The molecule has 0 saturated carbocycles. The van der Waals surface area contributed by atoms with Crippen LogP contribution in [0.3, 0.4) is 0 Å². The molecule has 0 aromatic heterocycles. The second kappa shape index (κ2) is 23.2. The maximum absolute atomic E-state index is 11.9. The number of aryl methyl sites for hydroxylation is 2. The first-order valence-corrected chi connectivity index (χ1v) is 23.6. The summed E-state index contributed by atoms with van der Waals surface area (Å²) < 4.78 is 35.1. The highest BCUT2D eigenvalue weighted by Gasteiger charge is 2.45. The van der Waals surface area contributed by atoms with E-state index in [2.05, 4.69) is 66.3 Å². The lowest BCUT2D eigenvalue weighted by Gasteiger charge is -2.44. The fourth-order valence-corrected chi connectivity index (χ4v) is 10.0. The normalized spacial score (nSPS) is 20.5. The van der Waals surface area contributed by atoms with Crippen molar-refractivity contribution in [2.24, 2.45) is 11.8 Å². The summed E-state index contributed by atoms with van der Waals surface area (Å²) in [6.45, 7) is 26.7. The van der Waals surface area contributed by atoms with Crippen LogP contribution in [0.5, 0.6) is 23.0 Å². The third-order valence-corrected chi connectivity index (χ3v) is 13.0. The van der Waals surface area contributed by atoms with Crippen molar-refractivity contribution in [2.45, 2.75) is 164 Å². The summed E-state index contributed by atoms with van der Waals surface area (Å²) in [5.41, 5.74) is 9.70. The lowest BCUT2D eigenvalue weighted by Crippen LogP contribution is -2.41. The van der Waals surface area contributed by atoms with Gasteiger partial charge in [0, 0.05) is 61.8 Å². The van der Waals surface area contributed by atoms with E-state index in [0.29, 0.717) is 29.8 Å². The fraction of sp³-hybridized carbons (Fsp3) is 0.500. The predicted molar refractivity (Wildman–Crippen MR) is 259 cm³/mol. The highest BCUT2D eigenvalue weighted by Crippen LogP contribution is 2.56. The number of fused-ring (bicyclic) bond motifs is 1. The molecule has 3 aromatic carbocycles. The van der Waals surface area contributed by atoms with E-state index in [4.69, 9.17) is 28.4 Å². The Bertz CT molecular complexity index is 2310. The van der Waals surface area contributed by atoms with Gasteiger partial charge in [-0.15, -0.1) is 0 Å². The van der Waals surface area contributed by atoms with Crippen LogP contribution in [-0.4, -0.2) is 36.8 Å². The number of allylic oxidation sites excluding steroid dienone is 4. The van der Waals surface area contributed by atoms with E-state index in [1.807, 2.05) is 50.2 Å². The molecule has 0 bridgehead atoms. The maximum atomic E-state index is 11.9. The van der Waals surface area contributed by atoms with Crippen LogP contribution < -0.4 is 18.9 Å². The molecule has 2 aliphatic carbocycles. The van der Waals surface area contributed by atoms with Crippen molar-refractivity contribution < 1.29 is 47.6 Å². The summed E-state index contributed by atoms with van der Waals surface area (Å²) in [5.74, 6) is 2.61. The molecule has 1 heterocycles. The Morgan fingerprint density at radius 3 is 1.95 bits per heavy atom. The summed E-state index contributed by atoms with van der Waals surface area (Å²) in [7, 11) is 0. The Labute approximate surface area is 393 Å². The van der Waals surface area contributed by atoms with Gasteiger partial charge in [0.1, 0.15) is 17.3 Å². The van der Waals surface area contributed by atoms with Crippen LogP contribution in [0.1, 0.15) is 183 Å². The number of carbonyl (C=O) groups excluding carboxylic acids is 4. The van der Waals surface area contributed by atoms with Gasteiger partial charge in [-0.05, 0) is 139 Å². The molecule has 0 fully saturated rings. The monoisotopic (exact) mass is 905 g/mol. The largest absolute Gasteiger partial charge is 0.466 e. The zero-order chi connectivity index (χ0) is 48.4. The van der Waals surface area contributed by atoms with E-state index in [-0.39, 0.29) is 41.5 Å². The van der Waals surface area contributed by atoms with E-state index in [0.717, 1.165) is 90.7 Å². The van der Waals surface area contributed by atoms with Gasteiger partial charge in [0.15, 0.2) is 11.5 Å². The van der Waals surface area contributed by atoms with Crippen molar-refractivity contribution in [1.82, 2.24) is 0 Å². The lowest BCUT2D eigenvalue weighted by atomic mass is 9.68. The van der Waals surface area contributed by atoms with Crippen LogP contribution >= 0.6 is 0 Å². The highest BCUT2D eigenvalue weighted by atomic mass is 16.7. The number of hydrogen-bond donors (Lipinski definition) is 0. The molecule has 7 atom stereocenters. The number of benzene rings is 3. The van der Waals surface area contributed by atoms with Crippen molar-refractivity contribution in [3.63, 3.8) is 0 Å². The molecule has 356 valence electrons. The standard InChI is InChI=1S/C30H36O4.C26H36O6/c1-18(2)11-10-14-25-24-16-15-19(3)27-26(32-21(5)23-12-8-7-9-13-23)17-20(4)29(28(24)27)34-30(25)33-22(6)31;1-15(2)9-8-10-21(14-30-18(5)27)22-12-11-16(3)24-23(22)13-17(4)25(31-19(6)28)26(24)32-20(7)29/h7-9,11-13,17,19,24-25,30H,5,10,14-16H2,1-4,6H3;9,13,16,21-22H,8,10-12,14H2,1-7H3/t19-,24+,25+,30?;16-,21-,22+/m11/s1. The van der Waals surface area contributed by atoms with Crippen LogP contribution in [0.15, 0.2) is 72.3 Å². The maximum Gasteiger partial charge on any atom is 0.308 e. The molecule has 66 heavy (non-hydrogen) atoms. The van der Waals surface area contributed by atoms with Gasteiger partial charge in [0.2, 0.25) is 6.29 Å². The van der Waals surface area contributed by atoms with Gasteiger partial charge in [-0.2, -0.15) is 0 Å². The van der Waals surface area contributed by atoms with Gasteiger partial charge in [-0.25, -0.2) is 0 Å². The number of carbonyl (C=O) groups is 4. The molecular formula is C56H72O10. The molecule has 10 heteroatoms. The molecule has 1 unspecified atom stereocenters. The molecule has 10 nitrogen and oxygen atoms in total. The molecule has 3 aromatic rings. The minimum absolute atomic E-state index is 0.102. The molecule has 1 aliphatic heterocycles. The number of hydrogen-bond acceptors (Lipinski definition) is 10. The molecule has 3 aliphatic rings. The van der Waals surface area contributed by atoms with Crippen molar-refractivity contribution in [3.05, 3.63) is 111 Å². The highest BCUT2D eigenvalue weighted by molar-refractivity contribution is 5.76. The van der Waals surface area contributed by atoms with Crippen LogP contribution in [0.2, 0.25) is 0 Å². The summed E-state index contributed by atoms with van der Waals surface area (Å²) in [6, 6.07) is 14.1. The minimum Gasteiger partial charge on any atom is -0.466 e. The van der Waals surface area contributed by atoms with Gasteiger partial charge in [-0.1, -0.05) is 80.1 Å². The lowest BCUT2D eigenvalue weighted by molar-refractivity contribution is -0.174. The van der Waals surface area contributed by atoms with Crippen LogP contribution in [0.25, 0.3) is 5.76 Å². The molecular weight excluding hydrogens is 833 g/mol. The van der Waals surface area contributed by atoms with E-state index < -0.39 is 18.2 Å². The quantitative estimate of drug-likeness (QED) is 0.0630. The Kier molecular flexibility index (Phi) is 18.0. The number of esters is 4. The summed E-state index contributed by atoms with van der Waals surface area (Å²) in [4.78, 5) is 47.1. The van der Waals surface area contributed by atoms with E-state index in [1.165, 1.54) is 50.0 Å². The smallest absolute Gasteiger partial charge is 0.308 e. The summed E-state index contributed by atoms with van der Waals surface area (Å²) in [6.07, 6.45) is 11.5. The zero-order valence-corrected chi connectivity index (χ0v) is 41.4. The average molecular weight is 905 g/mol. The number of ether oxygens (including phenoxy) is 6. The van der Waals surface area contributed by atoms with Crippen LogP contribution in [0.4, 0.5) is 0 Å². The van der Waals surface area contributed by atoms with Gasteiger partial charge in [-0.3, -0.25) is 19.2 Å². The zero-order valence-electron chi connectivity index (χ0n) is 41.4. The van der Waals surface area contributed by atoms with Crippen molar-refractivity contribution >= 4 is 29.6 Å². The van der Waals surface area contributed by atoms with Crippen molar-refractivity contribution in [1.29, 1.82) is 0 Å². The molecule has 0 saturated heterocycles. The minimum atomic E-state index is -0.563. The van der Waals surface area contributed by atoms with Crippen LogP contribution in [-0.2, 0) is 28.7 Å². The fourth-order valence-electron chi connectivity index (χ4n) is 10.0. The Morgan fingerprint density at radius 2 is 1.33 bits per heavy atom. The predicted octanol–water partition coefficient (Wildman–Crippen LogP) is 13.4. The van der Waals surface area contributed by atoms with E-state index in [9.17, 15) is 19.2 Å². The Balaban J connectivity index is 0.000000248. The molecule has 0 spiro atoms. The van der Waals surface area contributed by atoms with E-state index in [1.54, 1.807) is 0 Å². The summed E-state index contributed by atoms with van der Waals surface area (Å²) in [5, 5.41) is 0. The third kappa shape index (κ3) is 13.0. The average Bonchev–Trinajstić information content (AvgIpc) is 3.23. The van der Waals surface area contributed by atoms with Crippen molar-refractivity contribution in [2.75, 3.05) is 6.61 Å². The molecule has 0 amide bonds. The first kappa shape index (κ1) is 51.3. The second-order valence-electron chi connectivity index (χ2n) is 19.0. The van der Waals surface area contributed by atoms with Gasteiger partial charge < -0.3 is 28.4 Å². The number of rotatable bonds is 15. The molecule has 0 radical (unpaired) electrons. The van der Waals surface area contributed by atoms with Gasteiger partial charge >= 0.3 is 23.9 Å². The van der Waals surface area contributed by atoms with Gasteiger partial charge in [0.05, 0.1) is 6.61 Å². The summed E-state index contributed by atoms with van der Waals surface area (Å²) >= 11 is 0. The van der Waals surface area contributed by atoms with E-state index >= 15 is 0 Å². The topological polar surface area (TPSA) is 124 Å². The second-order valence-corrected chi connectivity index (χ2v) is 19.0. The first-order valence-electron chi connectivity index (χ1n) is 23.6. The molecule has 0 N–H and O–H groups in total. The Hall–Kier alpha value is -5.64. The molecule has 6 rings (SSSR count). The first-order chi connectivity index (χ1) is 31.3. The van der Waals surface area contributed by atoms with Crippen LogP contribution in [0, 0.1) is 25.7 Å². The van der Waals surface area contributed by atoms with Gasteiger partial charge in [0.25, 0.3) is 0 Å². The SMILES string of the molecule is C=C(Oc1cc(C)c2c3c1[C@H](C)CC[C@H]3[C@H](CCC=C(C)C)C(OC(C)=O)O2)c1ccccc1.CC(=O)OC[C@@H](CCC=C(C)C)[C@@H]1CC[C@@H](C)c2c1cc(C)c(OC(C)=O)c2OC(C)=O. The van der Waals surface area contributed by atoms with Crippen molar-refractivity contribution in [3.8, 4) is 23.0 Å².